The van der Waals surface area contributed by atoms with Crippen LogP contribution in [0.15, 0.2) is 0 Å². The molecule has 2 N–H and O–H groups in total. The molecule has 2 atom stereocenters. The summed E-state index contributed by atoms with van der Waals surface area (Å²) in [6, 6.07) is 0. The predicted octanol–water partition coefficient (Wildman–Crippen LogP) is -0.0887. The van der Waals surface area contributed by atoms with E-state index in [1.807, 2.05) is 0 Å². The van der Waals surface area contributed by atoms with Crippen LogP contribution in [-0.4, -0.2) is 38.1 Å². The maximum Gasteiger partial charge on any atom is 0.307 e. The Morgan fingerprint density at radius 2 is 2.19 bits per heavy atom. The zero-order chi connectivity index (χ0) is 12.0. The second kappa shape index (κ2) is 6.48. The summed E-state index contributed by atoms with van der Waals surface area (Å²) in [6.45, 7) is 6.18. The Labute approximate surface area is 95.9 Å². The number of esters is 1. The van der Waals surface area contributed by atoms with Gasteiger partial charge in [0, 0.05) is 13.1 Å². The number of nitrogens with one attached hydrogen (secondary N) is 2. The van der Waals surface area contributed by atoms with Gasteiger partial charge in [0.1, 0.15) is 0 Å². The van der Waals surface area contributed by atoms with Gasteiger partial charge < -0.3 is 15.4 Å². The van der Waals surface area contributed by atoms with Crippen molar-refractivity contribution in [1.82, 2.24) is 10.6 Å². The van der Waals surface area contributed by atoms with Crippen molar-refractivity contribution in [2.75, 3.05) is 26.2 Å². The maximum absolute atomic E-state index is 11.7. The highest BCUT2D eigenvalue weighted by atomic mass is 16.5. The van der Waals surface area contributed by atoms with E-state index in [9.17, 15) is 9.59 Å². The van der Waals surface area contributed by atoms with E-state index < -0.39 is 0 Å². The molecule has 2 unspecified atom stereocenters. The van der Waals surface area contributed by atoms with E-state index in [0.717, 1.165) is 13.1 Å². The number of carbonyl (C=O) groups excluding carboxylic acids is 2. The average molecular weight is 228 g/mol. The topological polar surface area (TPSA) is 67.4 Å². The Balaban J connectivity index is 2.17. The largest absolute Gasteiger partial charge is 0.466 e. The van der Waals surface area contributed by atoms with Gasteiger partial charge in [0.15, 0.2) is 0 Å². The third kappa shape index (κ3) is 3.81. The molecule has 5 nitrogen and oxygen atoms in total. The molecule has 0 aliphatic carbocycles. The summed E-state index contributed by atoms with van der Waals surface area (Å²) in [6.07, 6.45) is 0.244. The van der Waals surface area contributed by atoms with Gasteiger partial charge >= 0.3 is 5.97 Å². The van der Waals surface area contributed by atoms with Crippen molar-refractivity contribution in [2.24, 2.45) is 11.8 Å². The first-order valence-electron chi connectivity index (χ1n) is 5.79. The van der Waals surface area contributed by atoms with Crippen molar-refractivity contribution in [2.45, 2.75) is 20.3 Å². The number of carbonyl (C=O) groups is 2. The molecule has 0 radical (unpaired) electrons. The fraction of sp³-hybridized carbons (Fsp3) is 0.818. The SMILES string of the molecule is CCOC(=O)CCNC(=O)C1CNCC1C. The average Bonchev–Trinajstić information content (AvgIpc) is 2.64. The zero-order valence-corrected chi connectivity index (χ0v) is 9.91. The van der Waals surface area contributed by atoms with Crippen LogP contribution in [0.25, 0.3) is 0 Å². The molecule has 0 spiro atoms. The molecule has 16 heavy (non-hydrogen) atoms. The summed E-state index contributed by atoms with van der Waals surface area (Å²) in [7, 11) is 0. The number of hydrogen-bond acceptors (Lipinski definition) is 4. The van der Waals surface area contributed by atoms with Gasteiger partial charge in [-0.2, -0.15) is 0 Å². The minimum Gasteiger partial charge on any atom is -0.466 e. The van der Waals surface area contributed by atoms with Crippen molar-refractivity contribution in [3.63, 3.8) is 0 Å². The van der Waals surface area contributed by atoms with Gasteiger partial charge in [-0.1, -0.05) is 6.92 Å². The summed E-state index contributed by atoms with van der Waals surface area (Å²) in [5, 5.41) is 5.93. The Morgan fingerprint density at radius 1 is 1.44 bits per heavy atom. The zero-order valence-electron chi connectivity index (χ0n) is 9.91. The van der Waals surface area contributed by atoms with E-state index in [4.69, 9.17) is 4.74 Å². The lowest BCUT2D eigenvalue weighted by Crippen LogP contribution is -2.35. The van der Waals surface area contributed by atoms with Gasteiger partial charge in [0.05, 0.1) is 18.9 Å². The number of hydrogen-bond donors (Lipinski definition) is 2. The molecule has 0 aromatic heterocycles. The van der Waals surface area contributed by atoms with Crippen molar-refractivity contribution >= 4 is 11.9 Å². The lowest BCUT2D eigenvalue weighted by atomic mass is 9.97. The first-order chi connectivity index (χ1) is 7.65. The lowest BCUT2D eigenvalue weighted by molar-refractivity contribution is -0.143. The van der Waals surface area contributed by atoms with E-state index in [1.54, 1.807) is 6.92 Å². The normalized spacial score (nSPS) is 24.1. The molecule has 92 valence electrons. The van der Waals surface area contributed by atoms with Crippen LogP contribution in [0.1, 0.15) is 20.3 Å². The fourth-order valence-electron chi connectivity index (χ4n) is 1.81. The summed E-state index contributed by atoms with van der Waals surface area (Å²) >= 11 is 0. The van der Waals surface area contributed by atoms with E-state index in [2.05, 4.69) is 17.6 Å². The Bertz CT molecular complexity index is 256. The molecule has 1 aliphatic rings. The quantitative estimate of drug-likeness (QED) is 0.645. The lowest BCUT2D eigenvalue weighted by Gasteiger charge is -2.13. The van der Waals surface area contributed by atoms with Gasteiger partial charge in [-0.3, -0.25) is 9.59 Å². The van der Waals surface area contributed by atoms with Gasteiger partial charge in [-0.15, -0.1) is 0 Å². The van der Waals surface area contributed by atoms with Crippen molar-refractivity contribution in [1.29, 1.82) is 0 Å². The number of amides is 1. The Morgan fingerprint density at radius 3 is 2.75 bits per heavy atom. The standard InChI is InChI=1S/C11H20N2O3/c1-3-16-10(14)4-5-13-11(15)9-7-12-6-8(9)2/h8-9,12H,3-7H2,1-2H3,(H,13,15). The van der Waals surface area contributed by atoms with Crippen LogP contribution in [0.3, 0.4) is 0 Å². The molecule has 5 heteroatoms. The molecule has 1 saturated heterocycles. The van der Waals surface area contributed by atoms with E-state index in [-0.39, 0.29) is 24.2 Å². The van der Waals surface area contributed by atoms with Crippen LogP contribution in [0.5, 0.6) is 0 Å². The highest BCUT2D eigenvalue weighted by Crippen LogP contribution is 2.15. The van der Waals surface area contributed by atoms with Crippen molar-refractivity contribution in [3.05, 3.63) is 0 Å². The van der Waals surface area contributed by atoms with E-state index >= 15 is 0 Å². The van der Waals surface area contributed by atoms with Crippen LogP contribution in [0.4, 0.5) is 0 Å². The predicted molar refractivity (Wildman–Crippen MR) is 59.8 cm³/mol. The first-order valence-corrected chi connectivity index (χ1v) is 5.79. The number of rotatable bonds is 5. The monoisotopic (exact) mass is 228 g/mol. The minimum absolute atomic E-state index is 0.0294. The Kier molecular flexibility index (Phi) is 5.25. The third-order valence-electron chi connectivity index (χ3n) is 2.79. The molecule has 1 fully saturated rings. The van der Waals surface area contributed by atoms with Gasteiger partial charge in [0.25, 0.3) is 0 Å². The first kappa shape index (κ1) is 13.0. The molecule has 0 bridgehead atoms. The van der Waals surface area contributed by atoms with Crippen LogP contribution in [0.2, 0.25) is 0 Å². The second-order valence-electron chi connectivity index (χ2n) is 4.09. The fourth-order valence-corrected chi connectivity index (χ4v) is 1.81. The summed E-state index contributed by atoms with van der Waals surface area (Å²) < 4.78 is 4.77. The van der Waals surface area contributed by atoms with Crippen LogP contribution in [-0.2, 0) is 14.3 Å². The summed E-state index contributed by atoms with van der Waals surface area (Å²) in [5.74, 6) is 0.159. The minimum atomic E-state index is -0.264. The van der Waals surface area contributed by atoms with Gasteiger partial charge in [-0.25, -0.2) is 0 Å². The smallest absolute Gasteiger partial charge is 0.307 e. The second-order valence-corrected chi connectivity index (χ2v) is 4.09. The van der Waals surface area contributed by atoms with Crippen molar-refractivity contribution in [3.8, 4) is 0 Å². The molecule has 0 aromatic rings. The molecule has 1 amide bonds. The molecular formula is C11H20N2O3. The molecule has 1 heterocycles. The molecular weight excluding hydrogens is 208 g/mol. The maximum atomic E-state index is 11.7. The number of ether oxygens (including phenoxy) is 1. The highest BCUT2D eigenvalue weighted by Gasteiger charge is 2.29. The summed E-state index contributed by atoms with van der Waals surface area (Å²) in [4.78, 5) is 22.7. The van der Waals surface area contributed by atoms with Gasteiger partial charge in [-0.05, 0) is 19.4 Å². The van der Waals surface area contributed by atoms with E-state index in [1.165, 1.54) is 0 Å². The van der Waals surface area contributed by atoms with E-state index in [0.29, 0.717) is 19.1 Å². The molecule has 1 aliphatic heterocycles. The van der Waals surface area contributed by atoms with Gasteiger partial charge in [0.2, 0.25) is 5.91 Å². The molecule has 1 rings (SSSR count). The molecule has 0 saturated carbocycles. The molecule has 0 aromatic carbocycles. The highest BCUT2D eigenvalue weighted by molar-refractivity contribution is 5.80. The third-order valence-corrected chi connectivity index (χ3v) is 2.79. The van der Waals surface area contributed by atoms with Crippen LogP contribution >= 0.6 is 0 Å². The summed E-state index contributed by atoms with van der Waals surface area (Å²) in [5.41, 5.74) is 0. The Hall–Kier alpha value is -1.10. The van der Waals surface area contributed by atoms with Crippen molar-refractivity contribution < 1.29 is 14.3 Å². The van der Waals surface area contributed by atoms with Crippen LogP contribution < -0.4 is 10.6 Å². The van der Waals surface area contributed by atoms with Crippen LogP contribution in [0, 0.1) is 11.8 Å².